The molecule has 0 aliphatic carbocycles. The van der Waals surface area contributed by atoms with Crippen LogP contribution in [0.5, 0.6) is 11.7 Å². The van der Waals surface area contributed by atoms with Gasteiger partial charge in [0, 0.05) is 49.1 Å². The number of hydrogen-bond donors (Lipinski definition) is 5. The highest BCUT2D eigenvalue weighted by Gasteiger charge is 2.44. The van der Waals surface area contributed by atoms with Crippen LogP contribution < -0.4 is 20.5 Å². The van der Waals surface area contributed by atoms with E-state index in [4.69, 9.17) is 8.83 Å². The van der Waals surface area contributed by atoms with Crippen LogP contribution in [0.25, 0.3) is 28.0 Å². The summed E-state index contributed by atoms with van der Waals surface area (Å²) < 4.78 is 80.9. The maximum absolute atomic E-state index is 13.6. The van der Waals surface area contributed by atoms with Crippen molar-refractivity contribution in [2.45, 2.75) is 108 Å². The van der Waals surface area contributed by atoms with Crippen LogP contribution in [0.15, 0.2) is 66.4 Å². The molecule has 3 heterocycles. The van der Waals surface area contributed by atoms with Crippen molar-refractivity contribution < 1.29 is 54.9 Å². The summed E-state index contributed by atoms with van der Waals surface area (Å²) in [4.78, 5) is 26.3. The number of fused-ring (bicyclic) bond motifs is 4. The van der Waals surface area contributed by atoms with Crippen LogP contribution in [0, 0.1) is 0 Å². The lowest BCUT2D eigenvalue weighted by molar-refractivity contribution is -0.137. The second kappa shape index (κ2) is 19.0. The van der Waals surface area contributed by atoms with Gasteiger partial charge < -0.3 is 29.1 Å². The number of rotatable bonds is 20. The first-order chi connectivity index (χ1) is 27.9. The van der Waals surface area contributed by atoms with Crippen LogP contribution in [-0.4, -0.2) is 72.6 Å². The van der Waals surface area contributed by atoms with E-state index in [1.807, 2.05) is 6.07 Å². The molecule has 1 aliphatic heterocycles. The quantitative estimate of drug-likeness (QED) is 0.0151. The standard InChI is InChI=1S/C42H52N2O13S2/c1-4-6-8-10-22-43(23-11-9-7-5-2)28-15-17-30-34(26-28)56-41(49)37-38(47)31(40(48)57-39(30)37)18-20-35-42(3,21-12-14-36(45)46)32-27-29(59(53,54)55)16-19-33(32)44(35)24-13-25-58(50,51)52/h15-19,26-27H,4-14,21-25H2,1-3H3,(H4,45,46,47,48,50,51,52,53,54,55)/p+1. The highest BCUT2D eigenvalue weighted by atomic mass is 32.2. The van der Waals surface area contributed by atoms with Crippen LogP contribution in [0.3, 0.4) is 0 Å². The van der Waals surface area contributed by atoms with Crippen molar-refractivity contribution >= 4 is 59.9 Å². The topological polar surface area (TPSA) is 236 Å². The Labute approximate surface area is 343 Å². The molecule has 2 aromatic carbocycles. The van der Waals surface area contributed by atoms with Crippen LogP contribution in [0.1, 0.15) is 109 Å². The van der Waals surface area contributed by atoms with Crippen LogP contribution in [-0.2, 0) is 30.4 Å². The fourth-order valence-corrected chi connectivity index (χ4v) is 8.78. The third-order valence-electron chi connectivity index (χ3n) is 10.8. The minimum atomic E-state index is -4.69. The summed E-state index contributed by atoms with van der Waals surface area (Å²) in [7, 11) is -9.06. The van der Waals surface area contributed by atoms with Crippen LogP contribution >= 0.6 is 0 Å². The zero-order valence-electron chi connectivity index (χ0n) is 33.6. The van der Waals surface area contributed by atoms with Gasteiger partial charge >= 0.3 is 11.6 Å². The number of carbonyl (C=O) groups is 1. The minimum Gasteiger partial charge on any atom is -0.506 e. The van der Waals surface area contributed by atoms with E-state index in [0.29, 0.717) is 16.6 Å². The molecule has 17 heteroatoms. The fourth-order valence-electron chi connectivity index (χ4n) is 7.77. The summed E-state index contributed by atoms with van der Waals surface area (Å²) in [6.45, 7) is 7.60. The van der Waals surface area contributed by atoms with Crippen LogP contribution in [0.2, 0.25) is 0 Å². The lowest BCUT2D eigenvalue weighted by Gasteiger charge is -2.29. The lowest BCUT2D eigenvalue weighted by Crippen LogP contribution is -2.31. The summed E-state index contributed by atoms with van der Waals surface area (Å²) in [6.07, 6.45) is 9.68. The van der Waals surface area contributed by atoms with Gasteiger partial charge in [0.25, 0.3) is 26.2 Å². The largest absolute Gasteiger partial charge is 0.506 e. The molecule has 15 nitrogen and oxygen atoms in total. The third kappa shape index (κ3) is 10.6. The number of aromatic hydroxyl groups is 2. The van der Waals surface area contributed by atoms with Gasteiger partial charge in [-0.15, -0.1) is 0 Å². The molecule has 1 aliphatic rings. The van der Waals surface area contributed by atoms with Crippen molar-refractivity contribution in [3.63, 3.8) is 0 Å². The van der Waals surface area contributed by atoms with Gasteiger partial charge in [-0.1, -0.05) is 45.3 Å². The lowest BCUT2D eigenvalue weighted by atomic mass is 9.77. The molecular weight excluding hydrogens is 805 g/mol. The Hall–Kier alpha value is -4.93. The van der Waals surface area contributed by atoms with Gasteiger partial charge in [0.2, 0.25) is 5.36 Å². The highest BCUT2D eigenvalue weighted by Crippen LogP contribution is 2.51. The normalized spacial score (nSPS) is 15.5. The number of unbranched alkanes of at least 4 members (excludes halogenated alkanes) is 6. The molecule has 0 saturated carbocycles. The molecule has 0 bridgehead atoms. The van der Waals surface area contributed by atoms with E-state index in [2.05, 4.69) is 24.2 Å². The molecule has 5 N–H and O–H groups in total. The SMILES string of the molecule is CCCCCC[N+](CCCCCC)=c1ccc2c(c1)oc(=O)c1c(O)c(C=C=C3N(CCCS(=O)(=O)O)c4ccc(S(=O)(=O)O)cc4C3(C)CCCC(=O)O)c(O)oc12. The Bertz CT molecular complexity index is 2630. The first-order valence-electron chi connectivity index (χ1n) is 20.0. The smallest absolute Gasteiger partial charge is 0.351 e. The van der Waals surface area contributed by atoms with Gasteiger partial charge in [-0.25, -0.2) is 9.37 Å². The van der Waals surface area contributed by atoms with E-state index in [1.165, 1.54) is 12.1 Å². The van der Waals surface area contributed by atoms with Gasteiger partial charge in [0.15, 0.2) is 5.58 Å². The van der Waals surface area contributed by atoms with Crippen molar-refractivity contribution in [3.05, 3.63) is 74.7 Å². The van der Waals surface area contributed by atoms with Crippen molar-refractivity contribution in [2.75, 3.05) is 30.3 Å². The monoisotopic (exact) mass is 857 g/mol. The van der Waals surface area contributed by atoms with Crippen molar-refractivity contribution in [2.24, 2.45) is 0 Å². The van der Waals surface area contributed by atoms with Gasteiger partial charge in [0.05, 0.1) is 27.8 Å². The van der Waals surface area contributed by atoms with E-state index in [0.717, 1.165) is 82.0 Å². The molecule has 59 heavy (non-hydrogen) atoms. The second-order valence-electron chi connectivity index (χ2n) is 15.2. The van der Waals surface area contributed by atoms with E-state index in [-0.39, 0.29) is 60.0 Å². The Morgan fingerprint density at radius 1 is 0.898 bits per heavy atom. The summed E-state index contributed by atoms with van der Waals surface area (Å²) in [5, 5.41) is 33.1. The number of aliphatic carboxylic acids is 1. The van der Waals surface area contributed by atoms with Crippen molar-refractivity contribution in [1.82, 2.24) is 4.58 Å². The Morgan fingerprint density at radius 3 is 2.19 bits per heavy atom. The maximum atomic E-state index is 13.6. The molecule has 5 rings (SSSR count). The summed E-state index contributed by atoms with van der Waals surface area (Å²) >= 11 is 0. The number of benzene rings is 2. The highest BCUT2D eigenvalue weighted by molar-refractivity contribution is 7.86. The van der Waals surface area contributed by atoms with E-state index < -0.39 is 59.6 Å². The molecule has 0 fully saturated rings. The number of allylic oxidation sites excluding steroid dienone is 1. The van der Waals surface area contributed by atoms with E-state index in [9.17, 15) is 50.8 Å². The Morgan fingerprint density at radius 2 is 1.58 bits per heavy atom. The van der Waals surface area contributed by atoms with Gasteiger partial charge in [-0.05, 0) is 68.9 Å². The predicted octanol–water partition coefficient (Wildman–Crippen LogP) is 6.94. The number of nitrogens with zero attached hydrogens (tertiary/aromatic N) is 2. The zero-order chi connectivity index (χ0) is 43.1. The number of carboxylic acids is 1. The average Bonchev–Trinajstić information content (AvgIpc) is 3.38. The Kier molecular flexibility index (Phi) is 14.5. The maximum Gasteiger partial charge on any atom is 0.351 e. The van der Waals surface area contributed by atoms with Crippen LogP contribution in [0.4, 0.5) is 5.69 Å². The summed E-state index contributed by atoms with van der Waals surface area (Å²) in [6, 6.07) is 9.14. The molecule has 2 aromatic heterocycles. The molecule has 1 atom stereocenters. The van der Waals surface area contributed by atoms with Crippen molar-refractivity contribution in [3.8, 4) is 11.7 Å². The molecule has 320 valence electrons. The van der Waals surface area contributed by atoms with E-state index in [1.54, 1.807) is 24.0 Å². The Balaban J connectivity index is 1.67. The van der Waals surface area contributed by atoms with Gasteiger partial charge in [0.1, 0.15) is 35.4 Å². The van der Waals surface area contributed by atoms with Gasteiger partial charge in [-0.3, -0.25) is 13.9 Å². The summed E-state index contributed by atoms with van der Waals surface area (Å²) in [5.74, 6) is -3.16. The molecule has 0 saturated heterocycles. The molecular formula is C42H53N2O13S2+. The third-order valence-corrected chi connectivity index (χ3v) is 12.5. The molecule has 4 aromatic rings. The first-order valence-corrected chi connectivity index (χ1v) is 23.0. The average molecular weight is 858 g/mol. The van der Waals surface area contributed by atoms with Gasteiger partial charge in [-0.2, -0.15) is 16.8 Å². The number of anilines is 1. The van der Waals surface area contributed by atoms with E-state index >= 15 is 0 Å². The molecule has 0 amide bonds. The molecule has 0 spiro atoms. The van der Waals surface area contributed by atoms with Crippen molar-refractivity contribution in [1.29, 1.82) is 0 Å². The predicted molar refractivity (Wildman–Crippen MR) is 224 cm³/mol. The fraction of sp³-hybridized carbons (Fsp3) is 0.476. The molecule has 0 radical (unpaired) electrons. The first kappa shape index (κ1) is 45.2. The number of hydrogen-bond acceptors (Lipinski definition) is 11. The summed E-state index contributed by atoms with van der Waals surface area (Å²) in [5.41, 5.74) is 1.55. The second-order valence-corrected chi connectivity index (χ2v) is 18.2. The molecule has 1 unspecified atom stereocenters. The zero-order valence-corrected chi connectivity index (χ0v) is 35.2. The number of carboxylic acid groups (broad SMARTS) is 1. The minimum absolute atomic E-state index is 0.0603.